The minimum Gasteiger partial charge on any atom is -0.494 e. The lowest BCUT2D eigenvalue weighted by atomic mass is 10.2. The summed E-state index contributed by atoms with van der Waals surface area (Å²) in [5, 5.41) is 3.34. The molecule has 114 valence electrons. The second-order valence-electron chi connectivity index (χ2n) is 5.27. The summed E-state index contributed by atoms with van der Waals surface area (Å²) in [6, 6.07) is 8.38. The highest BCUT2D eigenvalue weighted by Crippen LogP contribution is 2.17. The van der Waals surface area contributed by atoms with Crippen LogP contribution >= 0.6 is 0 Å². The fourth-order valence-electron chi connectivity index (χ4n) is 2.46. The van der Waals surface area contributed by atoms with Crippen LogP contribution in [-0.4, -0.2) is 23.2 Å². The van der Waals surface area contributed by atoms with E-state index < -0.39 is 0 Å². The first-order valence-electron chi connectivity index (χ1n) is 7.62. The Morgan fingerprint density at radius 1 is 1.38 bits per heavy atom. The number of imidazole rings is 1. The minimum absolute atomic E-state index is 0.219. The highest BCUT2D eigenvalue weighted by molar-refractivity contribution is 5.27. The average molecular weight is 287 g/mol. The third-order valence-corrected chi connectivity index (χ3v) is 3.54. The molecule has 2 aromatic rings. The van der Waals surface area contributed by atoms with Gasteiger partial charge in [-0.25, -0.2) is 4.98 Å². The Kier molecular flexibility index (Phi) is 5.81. The van der Waals surface area contributed by atoms with Gasteiger partial charge in [0.05, 0.1) is 12.6 Å². The zero-order valence-corrected chi connectivity index (χ0v) is 13.2. The molecular formula is C17H25N3O. The van der Waals surface area contributed by atoms with Gasteiger partial charge in [-0.05, 0) is 38.1 Å². The van der Waals surface area contributed by atoms with E-state index in [-0.39, 0.29) is 6.04 Å². The van der Waals surface area contributed by atoms with Crippen LogP contribution in [0.4, 0.5) is 0 Å². The molecule has 0 amide bonds. The minimum atomic E-state index is 0.219. The molecule has 1 atom stereocenters. The number of nitrogens with one attached hydrogen (secondary N) is 1. The van der Waals surface area contributed by atoms with Gasteiger partial charge in [0, 0.05) is 25.4 Å². The monoisotopic (exact) mass is 287 g/mol. The van der Waals surface area contributed by atoms with Crippen molar-refractivity contribution in [2.24, 2.45) is 0 Å². The number of hydrogen-bond acceptors (Lipinski definition) is 3. The molecule has 1 N–H and O–H groups in total. The standard InChI is InChI=1S/C17H25N3O/c1-4-10-20-11-9-19-17(20)16(18-3)8-12-21-15-7-5-6-14(2)13-15/h5-7,9,11,13,16,18H,4,8,10,12H2,1-3H3. The Morgan fingerprint density at radius 2 is 2.24 bits per heavy atom. The van der Waals surface area contributed by atoms with Gasteiger partial charge in [-0.3, -0.25) is 0 Å². The van der Waals surface area contributed by atoms with E-state index in [9.17, 15) is 0 Å². The number of nitrogens with zero attached hydrogens (tertiary/aromatic N) is 2. The van der Waals surface area contributed by atoms with Gasteiger partial charge < -0.3 is 14.6 Å². The molecule has 0 saturated carbocycles. The van der Waals surface area contributed by atoms with Crippen molar-refractivity contribution in [2.45, 2.75) is 39.3 Å². The van der Waals surface area contributed by atoms with E-state index in [1.165, 1.54) is 5.56 Å². The van der Waals surface area contributed by atoms with Gasteiger partial charge in [0.15, 0.2) is 0 Å². The maximum Gasteiger partial charge on any atom is 0.125 e. The highest BCUT2D eigenvalue weighted by atomic mass is 16.5. The van der Waals surface area contributed by atoms with Crippen molar-refractivity contribution in [2.75, 3.05) is 13.7 Å². The van der Waals surface area contributed by atoms with E-state index in [2.05, 4.69) is 40.8 Å². The second kappa shape index (κ2) is 7.84. The molecular weight excluding hydrogens is 262 g/mol. The number of aryl methyl sites for hydroxylation is 2. The van der Waals surface area contributed by atoms with Crippen molar-refractivity contribution in [1.82, 2.24) is 14.9 Å². The Hall–Kier alpha value is -1.81. The van der Waals surface area contributed by atoms with Crippen molar-refractivity contribution in [3.05, 3.63) is 48.0 Å². The number of benzene rings is 1. The SMILES string of the molecule is CCCn1ccnc1C(CCOc1cccc(C)c1)NC. The van der Waals surface area contributed by atoms with Gasteiger partial charge in [-0.1, -0.05) is 19.1 Å². The van der Waals surface area contributed by atoms with Crippen LogP contribution in [0.5, 0.6) is 5.75 Å². The van der Waals surface area contributed by atoms with Gasteiger partial charge >= 0.3 is 0 Å². The van der Waals surface area contributed by atoms with Crippen LogP contribution in [0.25, 0.3) is 0 Å². The fraction of sp³-hybridized carbons (Fsp3) is 0.471. The summed E-state index contributed by atoms with van der Waals surface area (Å²) in [6.45, 7) is 5.93. The van der Waals surface area contributed by atoms with Gasteiger partial charge in [0.25, 0.3) is 0 Å². The number of hydrogen-bond donors (Lipinski definition) is 1. The summed E-state index contributed by atoms with van der Waals surface area (Å²) in [5.41, 5.74) is 1.22. The van der Waals surface area contributed by atoms with Crippen molar-refractivity contribution < 1.29 is 4.74 Å². The molecule has 1 aromatic carbocycles. The van der Waals surface area contributed by atoms with E-state index in [0.717, 1.165) is 31.0 Å². The Balaban J connectivity index is 1.92. The first kappa shape index (κ1) is 15.6. The topological polar surface area (TPSA) is 39.1 Å². The van der Waals surface area contributed by atoms with Crippen LogP contribution in [0.15, 0.2) is 36.7 Å². The molecule has 1 heterocycles. The summed E-state index contributed by atoms with van der Waals surface area (Å²) in [5.74, 6) is 2.02. The molecule has 0 aliphatic rings. The molecule has 0 aliphatic heterocycles. The van der Waals surface area contributed by atoms with Gasteiger partial charge in [0.1, 0.15) is 11.6 Å². The summed E-state index contributed by atoms with van der Waals surface area (Å²) in [7, 11) is 1.97. The zero-order valence-electron chi connectivity index (χ0n) is 13.2. The third kappa shape index (κ3) is 4.33. The molecule has 0 bridgehead atoms. The third-order valence-electron chi connectivity index (χ3n) is 3.54. The predicted octanol–water partition coefficient (Wildman–Crippen LogP) is 3.33. The lowest BCUT2D eigenvalue weighted by Crippen LogP contribution is -2.23. The van der Waals surface area contributed by atoms with Crippen LogP contribution in [-0.2, 0) is 6.54 Å². The lowest BCUT2D eigenvalue weighted by molar-refractivity contribution is 0.285. The van der Waals surface area contributed by atoms with Gasteiger partial charge in [0.2, 0.25) is 0 Å². The van der Waals surface area contributed by atoms with Crippen molar-refractivity contribution >= 4 is 0 Å². The molecule has 2 rings (SSSR count). The van der Waals surface area contributed by atoms with Crippen LogP contribution in [0.2, 0.25) is 0 Å². The summed E-state index contributed by atoms with van der Waals surface area (Å²) in [6.07, 6.45) is 5.92. The number of rotatable bonds is 8. The van der Waals surface area contributed by atoms with E-state index in [1.54, 1.807) is 0 Å². The van der Waals surface area contributed by atoms with E-state index >= 15 is 0 Å². The van der Waals surface area contributed by atoms with Crippen LogP contribution in [0.3, 0.4) is 0 Å². The van der Waals surface area contributed by atoms with Crippen molar-refractivity contribution in [3.8, 4) is 5.75 Å². The zero-order chi connectivity index (χ0) is 15.1. The molecule has 4 nitrogen and oxygen atoms in total. The first-order valence-corrected chi connectivity index (χ1v) is 7.62. The highest BCUT2D eigenvalue weighted by Gasteiger charge is 2.14. The fourth-order valence-corrected chi connectivity index (χ4v) is 2.46. The molecule has 21 heavy (non-hydrogen) atoms. The lowest BCUT2D eigenvalue weighted by Gasteiger charge is -2.18. The Morgan fingerprint density at radius 3 is 2.95 bits per heavy atom. The van der Waals surface area contributed by atoms with Gasteiger partial charge in [-0.2, -0.15) is 0 Å². The molecule has 0 radical (unpaired) electrons. The number of aromatic nitrogens is 2. The maximum absolute atomic E-state index is 5.84. The Labute approximate surface area is 127 Å². The van der Waals surface area contributed by atoms with Crippen LogP contribution < -0.4 is 10.1 Å². The second-order valence-corrected chi connectivity index (χ2v) is 5.27. The van der Waals surface area contributed by atoms with Crippen molar-refractivity contribution in [1.29, 1.82) is 0 Å². The van der Waals surface area contributed by atoms with Crippen LogP contribution in [0.1, 0.15) is 37.2 Å². The van der Waals surface area contributed by atoms with E-state index in [4.69, 9.17) is 4.74 Å². The average Bonchev–Trinajstić information content (AvgIpc) is 2.92. The van der Waals surface area contributed by atoms with Gasteiger partial charge in [-0.15, -0.1) is 0 Å². The molecule has 0 aliphatic carbocycles. The van der Waals surface area contributed by atoms with Crippen LogP contribution in [0, 0.1) is 6.92 Å². The summed E-state index contributed by atoms with van der Waals surface area (Å²) >= 11 is 0. The van der Waals surface area contributed by atoms with E-state index in [0.29, 0.717) is 6.61 Å². The quantitative estimate of drug-likeness (QED) is 0.809. The molecule has 1 unspecified atom stereocenters. The molecule has 1 aromatic heterocycles. The molecule has 0 spiro atoms. The number of ether oxygens (including phenoxy) is 1. The molecule has 0 fully saturated rings. The first-order chi connectivity index (χ1) is 10.2. The Bertz CT molecular complexity index is 550. The molecule has 0 saturated heterocycles. The van der Waals surface area contributed by atoms with E-state index in [1.807, 2.05) is 31.6 Å². The smallest absolute Gasteiger partial charge is 0.125 e. The molecule has 4 heteroatoms. The normalized spacial score (nSPS) is 12.3. The maximum atomic E-state index is 5.84. The largest absolute Gasteiger partial charge is 0.494 e. The van der Waals surface area contributed by atoms with Crippen molar-refractivity contribution in [3.63, 3.8) is 0 Å². The summed E-state index contributed by atoms with van der Waals surface area (Å²) < 4.78 is 8.06. The predicted molar refractivity (Wildman–Crippen MR) is 85.6 cm³/mol. The summed E-state index contributed by atoms with van der Waals surface area (Å²) in [4.78, 5) is 4.49.